The molecular formula is C11H14ClNO3. The van der Waals surface area contributed by atoms with Gasteiger partial charge in [-0.25, -0.2) is 0 Å². The number of amides is 1. The normalized spacial score (nSPS) is 10.0. The van der Waals surface area contributed by atoms with Crippen LogP contribution >= 0.6 is 11.6 Å². The van der Waals surface area contributed by atoms with Crippen LogP contribution in [-0.4, -0.2) is 26.7 Å². The zero-order valence-electron chi connectivity index (χ0n) is 9.46. The number of ether oxygens (including phenoxy) is 2. The minimum atomic E-state index is -0.234. The van der Waals surface area contributed by atoms with Gasteiger partial charge in [-0.3, -0.25) is 4.79 Å². The number of hydrogen-bond donors (Lipinski definition) is 1. The molecule has 4 nitrogen and oxygen atoms in total. The van der Waals surface area contributed by atoms with Crippen LogP contribution in [0.15, 0.2) is 12.1 Å². The first kappa shape index (κ1) is 12.8. The highest BCUT2D eigenvalue weighted by Gasteiger charge is 2.09. The minimum Gasteiger partial charge on any atom is -0.495 e. The SMILES string of the molecule is COCC(=O)Nc1cc(C)c(Cl)cc1OC. The van der Waals surface area contributed by atoms with Gasteiger partial charge in [0.1, 0.15) is 12.4 Å². The Morgan fingerprint density at radius 2 is 2.12 bits per heavy atom. The summed E-state index contributed by atoms with van der Waals surface area (Å²) in [5.41, 5.74) is 1.46. The molecule has 1 amide bonds. The Kier molecular flexibility index (Phi) is 4.58. The van der Waals surface area contributed by atoms with Crippen LogP contribution in [0.4, 0.5) is 5.69 Å². The van der Waals surface area contributed by atoms with E-state index in [0.717, 1.165) is 5.56 Å². The second-order valence-corrected chi connectivity index (χ2v) is 3.69. The molecule has 16 heavy (non-hydrogen) atoms. The second-order valence-electron chi connectivity index (χ2n) is 3.28. The summed E-state index contributed by atoms with van der Waals surface area (Å²) >= 11 is 5.94. The molecule has 0 atom stereocenters. The van der Waals surface area contributed by atoms with E-state index in [0.29, 0.717) is 16.5 Å². The highest BCUT2D eigenvalue weighted by Crippen LogP contribution is 2.30. The molecule has 1 rings (SSSR count). The second kappa shape index (κ2) is 5.72. The summed E-state index contributed by atoms with van der Waals surface area (Å²) in [5, 5.41) is 3.28. The highest BCUT2D eigenvalue weighted by atomic mass is 35.5. The Hall–Kier alpha value is -1.26. The smallest absolute Gasteiger partial charge is 0.250 e. The van der Waals surface area contributed by atoms with E-state index in [-0.39, 0.29) is 12.5 Å². The number of benzene rings is 1. The Balaban J connectivity index is 2.94. The average Bonchev–Trinajstić information content (AvgIpc) is 2.23. The van der Waals surface area contributed by atoms with Gasteiger partial charge in [0.15, 0.2) is 0 Å². The fourth-order valence-corrected chi connectivity index (χ4v) is 1.40. The Labute approximate surface area is 99.5 Å². The van der Waals surface area contributed by atoms with Crippen molar-refractivity contribution in [2.75, 3.05) is 26.1 Å². The third-order valence-electron chi connectivity index (χ3n) is 2.03. The molecular weight excluding hydrogens is 230 g/mol. The van der Waals surface area contributed by atoms with Crippen LogP contribution in [0.25, 0.3) is 0 Å². The predicted molar refractivity (Wildman–Crippen MR) is 63.2 cm³/mol. The molecule has 88 valence electrons. The number of aryl methyl sites for hydroxylation is 1. The molecule has 0 aliphatic carbocycles. The molecule has 0 aliphatic rings. The van der Waals surface area contributed by atoms with Gasteiger partial charge in [-0.15, -0.1) is 0 Å². The number of halogens is 1. The van der Waals surface area contributed by atoms with Crippen molar-refractivity contribution in [2.24, 2.45) is 0 Å². The molecule has 5 heteroatoms. The van der Waals surface area contributed by atoms with Crippen molar-refractivity contribution in [3.8, 4) is 5.75 Å². The topological polar surface area (TPSA) is 47.6 Å². The maximum atomic E-state index is 11.4. The van der Waals surface area contributed by atoms with Gasteiger partial charge in [0, 0.05) is 18.2 Å². The van der Waals surface area contributed by atoms with Crippen LogP contribution in [0.3, 0.4) is 0 Å². The van der Waals surface area contributed by atoms with E-state index in [2.05, 4.69) is 5.32 Å². The Morgan fingerprint density at radius 3 is 2.69 bits per heavy atom. The predicted octanol–water partition coefficient (Wildman–Crippen LogP) is 2.24. The van der Waals surface area contributed by atoms with Gasteiger partial charge in [0.25, 0.3) is 0 Å². The molecule has 0 aliphatic heterocycles. The molecule has 0 bridgehead atoms. The average molecular weight is 244 g/mol. The lowest BCUT2D eigenvalue weighted by Crippen LogP contribution is -2.17. The van der Waals surface area contributed by atoms with E-state index in [1.54, 1.807) is 12.1 Å². The number of carbonyl (C=O) groups excluding carboxylic acids is 1. The largest absolute Gasteiger partial charge is 0.495 e. The monoisotopic (exact) mass is 243 g/mol. The molecule has 1 aromatic rings. The maximum absolute atomic E-state index is 11.4. The standard InChI is InChI=1S/C11H14ClNO3/c1-7-4-9(13-11(14)6-15-2)10(16-3)5-8(7)12/h4-5H,6H2,1-3H3,(H,13,14). The van der Waals surface area contributed by atoms with Crippen molar-refractivity contribution in [1.82, 2.24) is 0 Å². The number of nitrogens with one attached hydrogen (secondary N) is 1. The lowest BCUT2D eigenvalue weighted by atomic mass is 10.2. The summed E-state index contributed by atoms with van der Waals surface area (Å²) in [5.74, 6) is 0.294. The van der Waals surface area contributed by atoms with Gasteiger partial charge in [0.05, 0.1) is 12.8 Å². The van der Waals surface area contributed by atoms with E-state index >= 15 is 0 Å². The van der Waals surface area contributed by atoms with Gasteiger partial charge in [-0.2, -0.15) is 0 Å². The molecule has 1 N–H and O–H groups in total. The minimum absolute atomic E-state index is 0.00479. The van der Waals surface area contributed by atoms with Crippen molar-refractivity contribution in [1.29, 1.82) is 0 Å². The van der Waals surface area contributed by atoms with E-state index < -0.39 is 0 Å². The number of hydrogen-bond acceptors (Lipinski definition) is 3. The molecule has 0 spiro atoms. The van der Waals surface area contributed by atoms with Crippen molar-refractivity contribution < 1.29 is 14.3 Å². The van der Waals surface area contributed by atoms with E-state index in [1.165, 1.54) is 14.2 Å². The molecule has 0 heterocycles. The van der Waals surface area contributed by atoms with E-state index in [1.807, 2.05) is 6.92 Å². The van der Waals surface area contributed by atoms with E-state index in [9.17, 15) is 4.79 Å². The van der Waals surface area contributed by atoms with Gasteiger partial charge in [-0.05, 0) is 18.6 Å². The van der Waals surface area contributed by atoms with E-state index in [4.69, 9.17) is 21.1 Å². The fourth-order valence-electron chi connectivity index (χ4n) is 1.25. The van der Waals surface area contributed by atoms with Crippen LogP contribution < -0.4 is 10.1 Å². The van der Waals surface area contributed by atoms with Crippen LogP contribution in [-0.2, 0) is 9.53 Å². The summed E-state index contributed by atoms with van der Waals surface area (Å²) in [4.78, 5) is 11.4. The van der Waals surface area contributed by atoms with Gasteiger partial charge >= 0.3 is 0 Å². The summed E-state index contributed by atoms with van der Waals surface area (Å²) < 4.78 is 9.84. The van der Waals surface area contributed by atoms with Gasteiger partial charge in [0.2, 0.25) is 5.91 Å². The Bertz CT molecular complexity index is 393. The first-order chi connectivity index (χ1) is 7.58. The number of carbonyl (C=O) groups is 1. The molecule has 0 fully saturated rings. The molecule has 1 aromatic carbocycles. The zero-order valence-corrected chi connectivity index (χ0v) is 10.2. The van der Waals surface area contributed by atoms with Crippen LogP contribution in [0.2, 0.25) is 5.02 Å². The van der Waals surface area contributed by atoms with Crippen LogP contribution in [0, 0.1) is 6.92 Å². The van der Waals surface area contributed by atoms with Crippen molar-refractivity contribution in [3.63, 3.8) is 0 Å². The third-order valence-corrected chi connectivity index (χ3v) is 2.44. The molecule has 0 aromatic heterocycles. The summed E-state index contributed by atoms with van der Waals surface area (Å²) in [6, 6.07) is 3.42. The first-order valence-corrected chi connectivity index (χ1v) is 5.09. The van der Waals surface area contributed by atoms with Crippen molar-refractivity contribution in [3.05, 3.63) is 22.7 Å². The van der Waals surface area contributed by atoms with Crippen molar-refractivity contribution >= 4 is 23.2 Å². The third kappa shape index (κ3) is 3.12. The van der Waals surface area contributed by atoms with Crippen molar-refractivity contribution in [2.45, 2.75) is 6.92 Å². The summed E-state index contributed by atoms with van der Waals surface area (Å²) in [6.07, 6.45) is 0. The van der Waals surface area contributed by atoms with Crippen LogP contribution in [0.1, 0.15) is 5.56 Å². The maximum Gasteiger partial charge on any atom is 0.250 e. The molecule has 0 saturated carbocycles. The molecule has 0 radical (unpaired) electrons. The quantitative estimate of drug-likeness (QED) is 0.882. The molecule has 0 saturated heterocycles. The number of anilines is 1. The number of methoxy groups -OCH3 is 2. The lowest BCUT2D eigenvalue weighted by molar-refractivity contribution is -0.119. The van der Waals surface area contributed by atoms with Gasteiger partial charge < -0.3 is 14.8 Å². The first-order valence-electron chi connectivity index (χ1n) is 4.71. The van der Waals surface area contributed by atoms with Gasteiger partial charge in [-0.1, -0.05) is 11.6 Å². The Morgan fingerprint density at radius 1 is 1.44 bits per heavy atom. The van der Waals surface area contributed by atoms with Crippen LogP contribution in [0.5, 0.6) is 5.75 Å². The zero-order chi connectivity index (χ0) is 12.1. The summed E-state index contributed by atoms with van der Waals surface area (Å²) in [7, 11) is 2.98. The highest BCUT2D eigenvalue weighted by molar-refractivity contribution is 6.31. The lowest BCUT2D eigenvalue weighted by Gasteiger charge is -2.11. The summed E-state index contributed by atoms with van der Waals surface area (Å²) in [6.45, 7) is 1.86. The number of rotatable bonds is 4. The fraction of sp³-hybridized carbons (Fsp3) is 0.364. The molecule has 0 unspecified atom stereocenters.